The molecule has 0 bridgehead atoms. The van der Waals surface area contributed by atoms with E-state index in [4.69, 9.17) is 16.3 Å². The van der Waals surface area contributed by atoms with Gasteiger partial charge in [0, 0.05) is 49.2 Å². The Morgan fingerprint density at radius 2 is 2.30 bits per heavy atom. The van der Waals surface area contributed by atoms with Gasteiger partial charge in [0.15, 0.2) is 0 Å². The molecule has 20 heavy (non-hydrogen) atoms. The highest BCUT2D eigenvalue weighted by Gasteiger charge is 2.12. The third kappa shape index (κ3) is 4.32. The van der Waals surface area contributed by atoms with E-state index in [9.17, 15) is 4.79 Å². The molecule has 106 valence electrons. The van der Waals surface area contributed by atoms with Crippen LogP contribution >= 0.6 is 34.9 Å². The van der Waals surface area contributed by atoms with Crippen molar-refractivity contribution in [3.05, 3.63) is 29.0 Å². The van der Waals surface area contributed by atoms with Gasteiger partial charge in [-0.05, 0) is 6.07 Å². The lowest BCUT2D eigenvalue weighted by Gasteiger charge is -2.06. The normalized spacial score (nSPS) is 10.3. The van der Waals surface area contributed by atoms with Crippen LogP contribution in [0, 0.1) is 0 Å². The third-order valence-corrected chi connectivity index (χ3v) is 3.96. The Morgan fingerprint density at radius 3 is 2.95 bits per heavy atom. The van der Waals surface area contributed by atoms with E-state index >= 15 is 0 Å². The van der Waals surface area contributed by atoms with Crippen LogP contribution in [0.1, 0.15) is 5.56 Å². The zero-order valence-corrected chi connectivity index (χ0v) is 13.1. The zero-order valence-electron chi connectivity index (χ0n) is 10.7. The number of rotatable bonds is 4. The number of carbonyl (C=O) groups is 1. The van der Waals surface area contributed by atoms with E-state index in [1.165, 1.54) is 4.90 Å². The van der Waals surface area contributed by atoms with Gasteiger partial charge in [0.05, 0.1) is 0 Å². The monoisotopic (exact) mass is 330 g/mol. The topological polar surface area (TPSA) is 68.2 Å². The Kier molecular flexibility index (Phi) is 5.16. The SMILES string of the molecule is CN(C)C(=O)Sc1nsc(OCc2ccc(Cl)nc2)n1. The fourth-order valence-corrected chi connectivity index (χ4v) is 2.44. The minimum absolute atomic E-state index is 0.128. The maximum Gasteiger partial charge on any atom is 0.294 e. The van der Waals surface area contributed by atoms with Gasteiger partial charge in [-0.2, -0.15) is 9.36 Å². The maximum absolute atomic E-state index is 11.5. The van der Waals surface area contributed by atoms with Crippen LogP contribution in [0.4, 0.5) is 4.79 Å². The van der Waals surface area contributed by atoms with Crippen LogP contribution in [0.5, 0.6) is 5.19 Å². The first-order chi connectivity index (χ1) is 9.54. The number of amides is 1. The first kappa shape index (κ1) is 15.0. The van der Waals surface area contributed by atoms with Crippen molar-refractivity contribution in [2.45, 2.75) is 11.8 Å². The van der Waals surface area contributed by atoms with Crippen LogP contribution < -0.4 is 4.74 Å². The van der Waals surface area contributed by atoms with Crippen LogP contribution in [-0.2, 0) is 6.61 Å². The fourth-order valence-electron chi connectivity index (χ4n) is 1.10. The molecular formula is C11H11ClN4O2S2. The lowest BCUT2D eigenvalue weighted by Crippen LogP contribution is -2.16. The molecule has 6 nitrogen and oxygen atoms in total. The van der Waals surface area contributed by atoms with Crippen molar-refractivity contribution in [2.75, 3.05) is 14.1 Å². The number of halogens is 1. The number of nitrogens with zero attached hydrogens (tertiary/aromatic N) is 4. The summed E-state index contributed by atoms with van der Waals surface area (Å²) in [5, 5.41) is 1.11. The van der Waals surface area contributed by atoms with E-state index in [2.05, 4.69) is 14.3 Å². The van der Waals surface area contributed by atoms with E-state index in [1.54, 1.807) is 26.4 Å². The predicted molar refractivity (Wildman–Crippen MR) is 78.4 cm³/mol. The summed E-state index contributed by atoms with van der Waals surface area (Å²) in [4.78, 5) is 21.0. The van der Waals surface area contributed by atoms with Crippen molar-refractivity contribution in [1.82, 2.24) is 19.2 Å². The Labute approximate surface area is 129 Å². The van der Waals surface area contributed by atoms with E-state index in [0.29, 0.717) is 22.1 Å². The molecule has 0 saturated heterocycles. The van der Waals surface area contributed by atoms with E-state index in [1.807, 2.05) is 6.07 Å². The maximum atomic E-state index is 11.5. The molecule has 2 rings (SSSR count). The summed E-state index contributed by atoms with van der Waals surface area (Å²) in [6.45, 7) is 0.324. The Hall–Kier alpha value is -1.38. The summed E-state index contributed by atoms with van der Waals surface area (Å²) < 4.78 is 9.53. The van der Waals surface area contributed by atoms with Crippen LogP contribution in [-0.4, -0.2) is 38.6 Å². The second-order valence-electron chi connectivity index (χ2n) is 3.88. The summed E-state index contributed by atoms with van der Waals surface area (Å²) in [5.41, 5.74) is 0.878. The van der Waals surface area contributed by atoms with Crippen LogP contribution in [0.3, 0.4) is 0 Å². The molecule has 0 atom stereocenters. The van der Waals surface area contributed by atoms with Gasteiger partial charge in [0.25, 0.3) is 10.4 Å². The van der Waals surface area contributed by atoms with Crippen molar-refractivity contribution in [1.29, 1.82) is 0 Å². The molecule has 0 aromatic carbocycles. The molecule has 0 spiro atoms. The second-order valence-corrected chi connectivity index (χ2v) is 5.90. The molecule has 0 aliphatic heterocycles. The molecule has 2 aromatic heterocycles. The van der Waals surface area contributed by atoms with E-state index in [-0.39, 0.29) is 5.24 Å². The predicted octanol–water partition coefficient (Wildman–Crippen LogP) is 2.94. The molecular weight excluding hydrogens is 320 g/mol. The minimum Gasteiger partial charge on any atom is -0.464 e. The summed E-state index contributed by atoms with van der Waals surface area (Å²) >= 11 is 7.76. The highest BCUT2D eigenvalue weighted by atomic mass is 35.5. The molecule has 0 aliphatic rings. The van der Waals surface area contributed by atoms with E-state index in [0.717, 1.165) is 28.9 Å². The lowest BCUT2D eigenvalue weighted by molar-refractivity contribution is 0.241. The number of thioether (sulfide) groups is 1. The molecule has 9 heteroatoms. The van der Waals surface area contributed by atoms with Crippen LogP contribution in [0.2, 0.25) is 5.15 Å². The largest absolute Gasteiger partial charge is 0.464 e. The summed E-state index contributed by atoms with van der Waals surface area (Å²) in [6, 6.07) is 3.51. The van der Waals surface area contributed by atoms with Gasteiger partial charge in [-0.15, -0.1) is 0 Å². The van der Waals surface area contributed by atoms with Crippen molar-refractivity contribution < 1.29 is 9.53 Å². The number of ether oxygens (including phenoxy) is 1. The molecule has 0 N–H and O–H groups in total. The zero-order chi connectivity index (χ0) is 14.5. The van der Waals surface area contributed by atoms with Gasteiger partial charge in [-0.3, -0.25) is 4.79 Å². The minimum atomic E-state index is -0.128. The number of aromatic nitrogens is 3. The van der Waals surface area contributed by atoms with Gasteiger partial charge in [-0.25, -0.2) is 4.98 Å². The lowest BCUT2D eigenvalue weighted by atomic mass is 10.3. The smallest absolute Gasteiger partial charge is 0.294 e. The van der Waals surface area contributed by atoms with Crippen molar-refractivity contribution in [3.63, 3.8) is 0 Å². The van der Waals surface area contributed by atoms with Crippen molar-refractivity contribution in [3.8, 4) is 5.19 Å². The molecule has 0 saturated carbocycles. The molecule has 0 fully saturated rings. The highest BCUT2D eigenvalue weighted by Crippen LogP contribution is 2.24. The molecule has 0 radical (unpaired) electrons. The molecule has 1 amide bonds. The van der Waals surface area contributed by atoms with Gasteiger partial charge >= 0.3 is 0 Å². The second kappa shape index (κ2) is 6.87. The molecule has 0 aliphatic carbocycles. The Morgan fingerprint density at radius 1 is 1.50 bits per heavy atom. The van der Waals surface area contributed by atoms with E-state index < -0.39 is 0 Å². The Balaban J connectivity index is 1.89. The van der Waals surface area contributed by atoms with Crippen molar-refractivity contribution in [2.24, 2.45) is 0 Å². The number of pyridine rings is 1. The first-order valence-corrected chi connectivity index (χ1v) is 7.47. The van der Waals surface area contributed by atoms with Crippen LogP contribution in [0.15, 0.2) is 23.5 Å². The van der Waals surface area contributed by atoms with Gasteiger partial charge < -0.3 is 9.64 Å². The third-order valence-electron chi connectivity index (χ3n) is 2.08. The average Bonchev–Trinajstić information content (AvgIpc) is 2.85. The van der Waals surface area contributed by atoms with Gasteiger partial charge in [0.2, 0.25) is 5.16 Å². The fraction of sp³-hybridized carbons (Fsp3) is 0.273. The molecule has 0 unspecified atom stereocenters. The number of carbonyl (C=O) groups excluding carboxylic acids is 1. The van der Waals surface area contributed by atoms with Gasteiger partial charge in [-0.1, -0.05) is 17.7 Å². The quantitative estimate of drug-likeness (QED) is 0.634. The molecule has 2 aromatic rings. The Bertz CT molecular complexity index is 588. The summed E-state index contributed by atoms with van der Waals surface area (Å²) in [7, 11) is 3.35. The van der Waals surface area contributed by atoms with Gasteiger partial charge in [0.1, 0.15) is 11.8 Å². The number of hydrogen-bond donors (Lipinski definition) is 0. The molecule has 2 heterocycles. The summed E-state index contributed by atoms with van der Waals surface area (Å²) in [5.74, 6) is 0. The standard InChI is InChI=1S/C11H11ClN4O2S2/c1-16(2)11(17)19-9-14-10(20-15-9)18-6-7-3-4-8(12)13-5-7/h3-5H,6H2,1-2H3. The summed E-state index contributed by atoms with van der Waals surface area (Å²) in [6.07, 6.45) is 1.63. The van der Waals surface area contributed by atoms with Crippen molar-refractivity contribution >= 4 is 40.1 Å². The number of hydrogen-bond acceptors (Lipinski definition) is 7. The highest BCUT2D eigenvalue weighted by molar-refractivity contribution is 8.13. The average molecular weight is 331 g/mol. The van der Waals surface area contributed by atoms with Crippen LogP contribution in [0.25, 0.3) is 0 Å². The first-order valence-electron chi connectivity index (χ1n) is 5.50.